The Kier molecular flexibility index (Phi) is 5.58. The van der Waals surface area contributed by atoms with Gasteiger partial charge in [-0.2, -0.15) is 0 Å². The van der Waals surface area contributed by atoms with Crippen LogP contribution in [0.25, 0.3) is 0 Å². The molecule has 0 spiro atoms. The summed E-state index contributed by atoms with van der Waals surface area (Å²) in [4.78, 5) is 0. The summed E-state index contributed by atoms with van der Waals surface area (Å²) < 4.78 is 0. The van der Waals surface area contributed by atoms with Gasteiger partial charge in [-0.1, -0.05) is 49.5 Å². The molecule has 3 N–H and O–H groups in total. The first-order chi connectivity index (χ1) is 7.24. The fourth-order valence-electron chi connectivity index (χ4n) is 2.39. The second kappa shape index (κ2) is 6.75. The van der Waals surface area contributed by atoms with E-state index in [9.17, 15) is 0 Å². The normalized spacial score (nSPS) is 31.1. The summed E-state index contributed by atoms with van der Waals surface area (Å²) in [6, 6.07) is 0. The maximum absolute atomic E-state index is 8.70. The molecule has 1 rings (SSSR count). The molecule has 0 aromatic carbocycles. The Morgan fingerprint density at radius 3 is 2.40 bits per heavy atom. The number of amidine groups is 1. The van der Waals surface area contributed by atoms with Gasteiger partial charge in [0.25, 0.3) is 0 Å². The average molecular weight is 210 g/mol. The molecule has 15 heavy (non-hydrogen) atoms. The maximum Gasteiger partial charge on any atom is 0.142 e. The summed E-state index contributed by atoms with van der Waals surface area (Å²) in [5, 5.41) is 11.9. The summed E-state index contributed by atoms with van der Waals surface area (Å²) in [6.45, 7) is 0. The first-order valence-electron chi connectivity index (χ1n) is 6.21. The van der Waals surface area contributed by atoms with Gasteiger partial charge < -0.3 is 10.9 Å². The lowest BCUT2D eigenvalue weighted by molar-refractivity contribution is 0.311. The third kappa shape index (κ3) is 4.58. The van der Waals surface area contributed by atoms with E-state index in [2.05, 4.69) is 13.0 Å². The minimum atomic E-state index is 0.301. The van der Waals surface area contributed by atoms with Gasteiger partial charge in [0.2, 0.25) is 0 Å². The monoisotopic (exact) mass is 210 g/mol. The molecule has 2 atom stereocenters. The molecule has 2 unspecified atom stereocenters. The van der Waals surface area contributed by atoms with Crippen LogP contribution in [0.15, 0.2) is 5.16 Å². The summed E-state index contributed by atoms with van der Waals surface area (Å²) in [5.41, 5.74) is 5.70. The van der Waals surface area contributed by atoms with Crippen LogP contribution < -0.4 is 5.73 Å². The fraction of sp³-hybridized carbons (Fsp3) is 0.909. The zero-order valence-corrected chi connectivity index (χ0v) is 9.78. The molecule has 1 fully saturated rings. The molecular weight excluding hydrogens is 187 g/mol. The molecule has 0 aliphatic heterocycles. The van der Waals surface area contributed by atoms with Crippen molar-refractivity contribution in [1.82, 2.24) is 0 Å². The highest BCUT2D eigenvalue weighted by atomic mass is 16.4. The number of nitrogens with two attached hydrogens (primary N) is 1. The Bertz CT molecular complexity index is 209. The molecule has 1 saturated carbocycles. The van der Waals surface area contributed by atoms with E-state index >= 15 is 0 Å². The fourth-order valence-corrected chi connectivity index (χ4v) is 2.39. The first-order valence-corrected chi connectivity index (χ1v) is 6.21. The van der Waals surface area contributed by atoms with Gasteiger partial charge in [0.15, 0.2) is 0 Å². The van der Waals surface area contributed by atoms with Crippen LogP contribution in [0.2, 0.25) is 5.82 Å². The second-order valence-corrected chi connectivity index (χ2v) is 4.90. The van der Waals surface area contributed by atoms with E-state index in [0.29, 0.717) is 11.8 Å². The Hall–Kier alpha value is -0.665. The molecule has 0 heterocycles. The molecule has 1 aliphatic rings. The van der Waals surface area contributed by atoms with Crippen molar-refractivity contribution in [2.45, 2.75) is 57.2 Å². The van der Waals surface area contributed by atoms with Crippen molar-refractivity contribution in [3.63, 3.8) is 0 Å². The summed E-state index contributed by atoms with van der Waals surface area (Å²) in [5.74, 6) is 1.52. The molecule has 0 saturated heterocycles. The van der Waals surface area contributed by atoms with Crippen molar-refractivity contribution >= 4 is 13.7 Å². The van der Waals surface area contributed by atoms with Crippen LogP contribution in [0.5, 0.6) is 0 Å². The van der Waals surface area contributed by atoms with Crippen LogP contribution in [0.3, 0.4) is 0 Å². The van der Waals surface area contributed by atoms with Crippen molar-refractivity contribution in [2.75, 3.05) is 0 Å². The van der Waals surface area contributed by atoms with Crippen molar-refractivity contribution < 1.29 is 5.21 Å². The first kappa shape index (κ1) is 12.4. The third-order valence-corrected chi connectivity index (χ3v) is 3.54. The number of nitrogens with zero attached hydrogens (tertiary/aromatic N) is 1. The molecule has 0 bridgehead atoms. The minimum absolute atomic E-state index is 0.301. The minimum Gasteiger partial charge on any atom is -0.409 e. The van der Waals surface area contributed by atoms with E-state index in [1.165, 1.54) is 38.5 Å². The summed E-state index contributed by atoms with van der Waals surface area (Å²) >= 11 is 0. The van der Waals surface area contributed by atoms with Gasteiger partial charge in [-0.05, 0) is 12.8 Å². The highest BCUT2D eigenvalue weighted by molar-refractivity contribution is 6.11. The predicted molar refractivity (Wildman–Crippen MR) is 66.1 cm³/mol. The lowest BCUT2D eigenvalue weighted by atomic mass is 9.76. The van der Waals surface area contributed by atoms with Gasteiger partial charge in [-0.3, -0.25) is 0 Å². The Morgan fingerprint density at radius 1 is 1.07 bits per heavy atom. The van der Waals surface area contributed by atoms with Gasteiger partial charge in [-0.15, -0.1) is 0 Å². The van der Waals surface area contributed by atoms with Crippen LogP contribution in [-0.4, -0.2) is 18.9 Å². The van der Waals surface area contributed by atoms with E-state index in [1.807, 2.05) is 0 Å². The molecule has 3 nitrogen and oxygen atoms in total. The maximum atomic E-state index is 8.70. The lowest BCUT2D eigenvalue weighted by Gasteiger charge is -2.20. The molecular formula is C11H23BN2O. The molecule has 0 amide bonds. The summed E-state index contributed by atoms with van der Waals surface area (Å²) in [6.07, 6.45) is 9.93. The average Bonchev–Trinajstić information content (AvgIpc) is 2.26. The number of rotatable bonds is 1. The number of hydrogen-bond donors (Lipinski definition) is 2. The van der Waals surface area contributed by atoms with E-state index in [1.54, 1.807) is 0 Å². The van der Waals surface area contributed by atoms with Gasteiger partial charge in [0, 0.05) is 5.92 Å². The SMILES string of the molecule is BC1CCCCCCC(/C(N)=N/O)CC1. The zero-order chi connectivity index (χ0) is 11.1. The van der Waals surface area contributed by atoms with E-state index in [-0.39, 0.29) is 0 Å². The van der Waals surface area contributed by atoms with E-state index in [4.69, 9.17) is 10.9 Å². The van der Waals surface area contributed by atoms with Crippen LogP contribution >= 0.6 is 0 Å². The van der Waals surface area contributed by atoms with Crippen molar-refractivity contribution in [3.8, 4) is 0 Å². The standard InChI is InChI=1S/C11H23BN2O/c12-10-6-4-2-1-3-5-9(7-8-10)11(13)14-15/h9-10,15H,1-8,12H2,(H2,13,14). The van der Waals surface area contributed by atoms with Crippen LogP contribution in [0.1, 0.15) is 51.4 Å². The molecule has 0 radical (unpaired) electrons. The number of oxime groups is 1. The van der Waals surface area contributed by atoms with Gasteiger partial charge in [-0.25, -0.2) is 0 Å². The molecule has 1 aliphatic carbocycles. The van der Waals surface area contributed by atoms with Gasteiger partial charge in [0.1, 0.15) is 13.7 Å². The molecule has 4 heteroatoms. The van der Waals surface area contributed by atoms with Crippen LogP contribution in [0.4, 0.5) is 0 Å². The van der Waals surface area contributed by atoms with E-state index < -0.39 is 0 Å². The largest absolute Gasteiger partial charge is 0.409 e. The highest BCUT2D eigenvalue weighted by Crippen LogP contribution is 2.26. The Morgan fingerprint density at radius 2 is 1.73 bits per heavy atom. The highest BCUT2D eigenvalue weighted by Gasteiger charge is 2.16. The van der Waals surface area contributed by atoms with Gasteiger partial charge >= 0.3 is 0 Å². The second-order valence-electron chi connectivity index (χ2n) is 4.90. The molecule has 0 aromatic heterocycles. The molecule has 0 aromatic rings. The van der Waals surface area contributed by atoms with Gasteiger partial charge in [0.05, 0.1) is 0 Å². The van der Waals surface area contributed by atoms with Crippen molar-refractivity contribution in [1.29, 1.82) is 0 Å². The third-order valence-electron chi connectivity index (χ3n) is 3.54. The number of hydrogen-bond acceptors (Lipinski definition) is 2. The Balaban J connectivity index is 2.47. The topological polar surface area (TPSA) is 58.6 Å². The van der Waals surface area contributed by atoms with Crippen LogP contribution in [-0.2, 0) is 0 Å². The summed E-state index contributed by atoms with van der Waals surface area (Å²) in [7, 11) is 2.31. The molecule has 86 valence electrons. The predicted octanol–water partition coefficient (Wildman–Crippen LogP) is 1.90. The lowest BCUT2D eigenvalue weighted by Crippen LogP contribution is -2.24. The Labute approximate surface area is 93.5 Å². The quantitative estimate of drug-likeness (QED) is 0.228. The van der Waals surface area contributed by atoms with Crippen molar-refractivity contribution in [2.24, 2.45) is 16.8 Å². The van der Waals surface area contributed by atoms with E-state index in [0.717, 1.165) is 18.7 Å². The smallest absolute Gasteiger partial charge is 0.142 e. The zero-order valence-electron chi connectivity index (χ0n) is 9.78. The van der Waals surface area contributed by atoms with Crippen molar-refractivity contribution in [3.05, 3.63) is 0 Å². The van der Waals surface area contributed by atoms with Crippen LogP contribution in [0, 0.1) is 5.92 Å².